The molecule has 2 aromatic rings. The number of benzene rings is 2. The maximum atomic E-state index is 10.9. The molecule has 0 bridgehead atoms. The largest absolute Gasteiger partial charge is 0.490 e. The van der Waals surface area contributed by atoms with Crippen molar-refractivity contribution >= 4 is 17.6 Å². The van der Waals surface area contributed by atoms with Crippen molar-refractivity contribution in [1.82, 2.24) is 0 Å². The maximum absolute atomic E-state index is 10.9. The summed E-state index contributed by atoms with van der Waals surface area (Å²) in [5.74, 6) is 0.582. The van der Waals surface area contributed by atoms with Gasteiger partial charge in [-0.05, 0) is 30.7 Å². The Balaban J connectivity index is 2.22. The number of aromatic carboxylic acids is 1. The second-order valence-corrected chi connectivity index (χ2v) is 4.75. The minimum atomic E-state index is -1.07. The number of carboxylic acid groups (broad SMARTS) is 1. The molecule has 2 aromatic carbocycles. The van der Waals surface area contributed by atoms with Crippen LogP contribution in [0.15, 0.2) is 42.5 Å². The molecule has 5 heteroatoms. The van der Waals surface area contributed by atoms with E-state index < -0.39 is 5.97 Å². The van der Waals surface area contributed by atoms with Gasteiger partial charge in [0, 0.05) is 6.07 Å². The fourth-order valence-electron chi connectivity index (χ4n) is 1.73. The molecule has 1 N–H and O–H groups in total. The lowest BCUT2D eigenvalue weighted by Crippen LogP contribution is -1.99. The molecule has 0 heterocycles. The number of halogens is 1. The Morgan fingerprint density at radius 3 is 2.52 bits per heavy atom. The second kappa shape index (κ2) is 6.99. The van der Waals surface area contributed by atoms with Gasteiger partial charge in [0.1, 0.15) is 5.75 Å². The summed E-state index contributed by atoms with van der Waals surface area (Å²) in [5, 5.41) is 9.07. The van der Waals surface area contributed by atoms with Crippen LogP contribution in [0.2, 0.25) is 5.02 Å². The number of hydrogen-bond acceptors (Lipinski definition) is 3. The summed E-state index contributed by atoms with van der Waals surface area (Å²) in [4.78, 5) is 10.9. The van der Waals surface area contributed by atoms with Gasteiger partial charge in [-0.25, -0.2) is 4.79 Å². The first-order chi connectivity index (χ1) is 10.1. The molecule has 4 nitrogen and oxygen atoms in total. The van der Waals surface area contributed by atoms with E-state index in [-0.39, 0.29) is 10.6 Å². The Labute approximate surface area is 127 Å². The molecule has 0 spiro atoms. The molecule has 0 aliphatic rings. The van der Waals surface area contributed by atoms with Crippen LogP contribution in [0.3, 0.4) is 0 Å². The molecule has 0 unspecified atom stereocenters. The molecule has 21 heavy (non-hydrogen) atoms. The zero-order chi connectivity index (χ0) is 15.2. The van der Waals surface area contributed by atoms with E-state index in [2.05, 4.69) is 0 Å². The highest BCUT2D eigenvalue weighted by atomic mass is 35.5. The third-order valence-corrected chi connectivity index (χ3v) is 3.02. The predicted octanol–water partition coefficient (Wildman–Crippen LogP) is 4.62. The highest BCUT2D eigenvalue weighted by molar-refractivity contribution is 6.33. The van der Waals surface area contributed by atoms with Gasteiger partial charge in [0.05, 0.1) is 17.2 Å². The number of rotatable bonds is 6. The average Bonchev–Trinajstić information content (AvgIpc) is 2.46. The Bertz CT molecular complexity index is 640. The lowest BCUT2D eigenvalue weighted by molar-refractivity contribution is 0.0697. The topological polar surface area (TPSA) is 55.8 Å². The normalized spacial score (nSPS) is 10.2. The molecule has 0 fully saturated rings. The van der Waals surface area contributed by atoms with Crippen LogP contribution in [0.5, 0.6) is 17.2 Å². The van der Waals surface area contributed by atoms with Crippen molar-refractivity contribution < 1.29 is 19.4 Å². The predicted molar refractivity (Wildman–Crippen MR) is 80.7 cm³/mol. The lowest BCUT2D eigenvalue weighted by atomic mass is 10.2. The molecule has 0 radical (unpaired) electrons. The highest BCUT2D eigenvalue weighted by Crippen LogP contribution is 2.33. The Morgan fingerprint density at radius 1 is 1.19 bits per heavy atom. The van der Waals surface area contributed by atoms with Crippen molar-refractivity contribution in [2.45, 2.75) is 13.3 Å². The lowest BCUT2D eigenvalue weighted by Gasteiger charge is -2.12. The smallest absolute Gasteiger partial charge is 0.337 e. The number of para-hydroxylation sites is 2. The van der Waals surface area contributed by atoms with Crippen molar-refractivity contribution in [2.75, 3.05) is 6.61 Å². The van der Waals surface area contributed by atoms with Crippen molar-refractivity contribution in [3.05, 3.63) is 53.1 Å². The second-order valence-electron chi connectivity index (χ2n) is 4.34. The van der Waals surface area contributed by atoms with E-state index in [1.165, 1.54) is 12.1 Å². The first-order valence-corrected chi connectivity index (χ1v) is 6.92. The fourth-order valence-corrected chi connectivity index (χ4v) is 1.98. The minimum absolute atomic E-state index is 0.0412. The molecule has 0 atom stereocenters. The molecule has 2 rings (SSSR count). The molecular weight excluding hydrogens is 292 g/mol. The number of hydrogen-bond donors (Lipinski definition) is 1. The number of ether oxygens (including phenoxy) is 2. The van der Waals surface area contributed by atoms with Gasteiger partial charge in [-0.3, -0.25) is 0 Å². The van der Waals surface area contributed by atoms with Crippen molar-refractivity contribution in [3.63, 3.8) is 0 Å². The minimum Gasteiger partial charge on any atom is -0.490 e. The van der Waals surface area contributed by atoms with Gasteiger partial charge in [-0.2, -0.15) is 0 Å². The standard InChI is InChI=1S/C16H15ClO4/c1-2-9-20-14-5-3-4-6-15(14)21-11-7-8-12(16(18)19)13(17)10-11/h3-8,10H,2,9H2,1H3,(H,18,19). The van der Waals surface area contributed by atoms with Crippen LogP contribution < -0.4 is 9.47 Å². The third kappa shape index (κ3) is 3.89. The third-order valence-electron chi connectivity index (χ3n) is 2.71. The van der Waals surface area contributed by atoms with Gasteiger partial charge in [0.15, 0.2) is 11.5 Å². The Kier molecular flexibility index (Phi) is 5.06. The van der Waals surface area contributed by atoms with E-state index in [1.54, 1.807) is 12.1 Å². The molecule has 0 aliphatic carbocycles. The summed E-state index contributed by atoms with van der Waals surface area (Å²) >= 11 is 5.92. The molecule has 0 aliphatic heterocycles. The van der Waals surface area contributed by atoms with Gasteiger partial charge in [-0.1, -0.05) is 30.7 Å². The van der Waals surface area contributed by atoms with E-state index in [4.69, 9.17) is 26.2 Å². The molecule has 0 saturated heterocycles. The van der Waals surface area contributed by atoms with E-state index in [0.29, 0.717) is 23.9 Å². The zero-order valence-electron chi connectivity index (χ0n) is 11.5. The molecule has 0 saturated carbocycles. The van der Waals surface area contributed by atoms with Crippen molar-refractivity contribution in [1.29, 1.82) is 0 Å². The zero-order valence-corrected chi connectivity index (χ0v) is 12.3. The highest BCUT2D eigenvalue weighted by Gasteiger charge is 2.11. The van der Waals surface area contributed by atoms with Crippen LogP contribution in [0, 0.1) is 0 Å². The number of carboxylic acids is 1. The average molecular weight is 307 g/mol. The monoisotopic (exact) mass is 306 g/mol. The van der Waals surface area contributed by atoms with Gasteiger partial charge in [-0.15, -0.1) is 0 Å². The summed E-state index contributed by atoms with van der Waals surface area (Å²) in [6.07, 6.45) is 0.896. The van der Waals surface area contributed by atoms with Crippen LogP contribution in [0.1, 0.15) is 23.7 Å². The molecular formula is C16H15ClO4. The van der Waals surface area contributed by atoms with Crippen LogP contribution in [0.25, 0.3) is 0 Å². The Hall–Kier alpha value is -2.20. The van der Waals surface area contributed by atoms with Gasteiger partial charge in [0.25, 0.3) is 0 Å². The molecule has 0 amide bonds. The van der Waals surface area contributed by atoms with Crippen LogP contribution in [-0.4, -0.2) is 17.7 Å². The van der Waals surface area contributed by atoms with Gasteiger partial charge < -0.3 is 14.6 Å². The molecule has 0 aromatic heterocycles. The fraction of sp³-hybridized carbons (Fsp3) is 0.188. The number of carbonyl (C=O) groups is 1. The summed E-state index contributed by atoms with van der Waals surface area (Å²) < 4.78 is 11.3. The van der Waals surface area contributed by atoms with Gasteiger partial charge in [0.2, 0.25) is 0 Å². The Morgan fingerprint density at radius 2 is 1.90 bits per heavy atom. The van der Waals surface area contributed by atoms with Crippen LogP contribution >= 0.6 is 11.6 Å². The van der Waals surface area contributed by atoms with Crippen molar-refractivity contribution in [2.24, 2.45) is 0 Å². The van der Waals surface area contributed by atoms with Crippen molar-refractivity contribution in [3.8, 4) is 17.2 Å². The van der Waals surface area contributed by atoms with E-state index in [9.17, 15) is 4.79 Å². The summed E-state index contributed by atoms with van der Waals surface area (Å²) in [7, 11) is 0. The summed E-state index contributed by atoms with van der Waals surface area (Å²) in [5.41, 5.74) is 0.0412. The molecule has 110 valence electrons. The van der Waals surface area contributed by atoms with Crippen LogP contribution in [0.4, 0.5) is 0 Å². The van der Waals surface area contributed by atoms with E-state index >= 15 is 0 Å². The first-order valence-electron chi connectivity index (χ1n) is 6.54. The van der Waals surface area contributed by atoms with E-state index in [0.717, 1.165) is 6.42 Å². The SMILES string of the molecule is CCCOc1ccccc1Oc1ccc(C(=O)O)c(Cl)c1. The first kappa shape index (κ1) is 15.2. The summed E-state index contributed by atoms with van der Waals surface area (Å²) in [6.45, 7) is 2.62. The van der Waals surface area contributed by atoms with Gasteiger partial charge >= 0.3 is 5.97 Å². The quantitative estimate of drug-likeness (QED) is 0.846. The van der Waals surface area contributed by atoms with Crippen LogP contribution in [-0.2, 0) is 0 Å². The summed E-state index contributed by atoms with van der Waals surface area (Å²) in [6, 6.07) is 11.7. The van der Waals surface area contributed by atoms with E-state index in [1.807, 2.05) is 25.1 Å². The maximum Gasteiger partial charge on any atom is 0.337 e.